The third kappa shape index (κ3) is 11.6. The molecule has 3 aliphatic heterocycles. The van der Waals surface area contributed by atoms with E-state index in [-0.39, 0.29) is 39.6 Å². The third-order valence-corrected chi connectivity index (χ3v) is 11.4. The molecule has 0 aliphatic carbocycles. The van der Waals surface area contributed by atoms with Crippen molar-refractivity contribution in [2.45, 2.75) is 114 Å². The molecular weight excluding hydrogens is 801 g/mol. The molecule has 8 rings (SSSR count). The van der Waals surface area contributed by atoms with Gasteiger partial charge in [0.25, 0.3) is 0 Å². The fourth-order valence-corrected chi connectivity index (χ4v) is 8.29. The monoisotopic (exact) mass is 858 g/mol. The molecule has 0 bridgehead atoms. The molecule has 3 aliphatic rings. The lowest BCUT2D eigenvalue weighted by Gasteiger charge is -2.51. The first-order chi connectivity index (χ1) is 30.8. The number of aliphatic hydroxyl groups excluding tert-OH is 1. The molecule has 2 unspecified atom stereocenters. The Balaban J connectivity index is 1.11. The summed E-state index contributed by atoms with van der Waals surface area (Å²) in [5.74, 6) is -2.58. The van der Waals surface area contributed by atoms with Crippen LogP contribution >= 0.6 is 0 Å². The van der Waals surface area contributed by atoms with Gasteiger partial charge in [0, 0.05) is 0 Å². The summed E-state index contributed by atoms with van der Waals surface area (Å²) in [4.78, 5) is 0. The molecule has 3 fully saturated rings. The van der Waals surface area contributed by atoms with Crippen molar-refractivity contribution in [2.75, 3.05) is 13.2 Å². The fraction of sp³-hybridized carbons (Fsp3) is 0.385. The van der Waals surface area contributed by atoms with Crippen LogP contribution in [0.5, 0.6) is 0 Å². The Bertz CT molecular complexity index is 2110. The quantitative estimate of drug-likeness (QED) is 0.0724. The maximum Gasteiger partial charge on any atom is 0.217 e. The van der Waals surface area contributed by atoms with E-state index in [1.807, 2.05) is 166 Å². The largest absolute Gasteiger partial charge is 0.388 e. The van der Waals surface area contributed by atoms with Gasteiger partial charge in [0.05, 0.1) is 46.2 Å². The summed E-state index contributed by atoms with van der Waals surface area (Å²) in [6.07, 6.45) is -5.79. The van der Waals surface area contributed by atoms with Crippen LogP contribution in [0.3, 0.4) is 0 Å². The lowest BCUT2D eigenvalue weighted by Crippen LogP contribution is -2.67. The van der Waals surface area contributed by atoms with Crippen molar-refractivity contribution < 1.29 is 52.5 Å². The van der Waals surface area contributed by atoms with E-state index in [1.165, 1.54) is 0 Å². The zero-order valence-corrected chi connectivity index (χ0v) is 35.9. The number of rotatable bonds is 21. The van der Waals surface area contributed by atoms with Crippen LogP contribution in [-0.2, 0) is 80.4 Å². The zero-order valence-electron chi connectivity index (χ0n) is 35.9. The average Bonchev–Trinajstić information content (AvgIpc) is 3.81. The molecule has 5 aromatic rings. The van der Waals surface area contributed by atoms with E-state index in [0.29, 0.717) is 6.61 Å². The number of hydrogen-bond acceptors (Lipinski definition) is 11. The molecule has 10 atom stereocenters. The lowest BCUT2D eigenvalue weighted by atomic mass is 9.91. The minimum absolute atomic E-state index is 0.113. The Morgan fingerprint density at radius 1 is 0.571 bits per heavy atom. The van der Waals surface area contributed by atoms with Gasteiger partial charge in [-0.15, -0.1) is 0 Å². The molecule has 0 radical (unpaired) electrons. The Labute approximate surface area is 370 Å². The smallest absolute Gasteiger partial charge is 0.217 e. The van der Waals surface area contributed by atoms with Crippen LogP contribution in [0.15, 0.2) is 164 Å². The number of hydrogen-bond donors (Lipinski definition) is 1. The second-order valence-electron chi connectivity index (χ2n) is 16.5. The highest BCUT2D eigenvalue weighted by molar-refractivity contribution is 5.18. The predicted molar refractivity (Wildman–Crippen MR) is 235 cm³/mol. The highest BCUT2D eigenvalue weighted by atomic mass is 16.8. The van der Waals surface area contributed by atoms with Gasteiger partial charge < -0.3 is 52.5 Å². The van der Waals surface area contributed by atoms with E-state index in [9.17, 15) is 5.11 Å². The minimum Gasteiger partial charge on any atom is -0.388 e. The fourth-order valence-electron chi connectivity index (χ4n) is 8.29. The molecule has 0 spiro atoms. The van der Waals surface area contributed by atoms with Crippen molar-refractivity contribution in [3.05, 3.63) is 192 Å². The molecule has 3 saturated heterocycles. The normalized spacial score (nSPS) is 28.0. The van der Waals surface area contributed by atoms with Gasteiger partial charge >= 0.3 is 0 Å². The average molecular weight is 859 g/mol. The third-order valence-electron chi connectivity index (χ3n) is 11.4. The van der Waals surface area contributed by atoms with E-state index in [0.717, 1.165) is 27.8 Å². The standard InChI is InChI=1S/C52H58O11/c1-4-52(59-35-42(53)44-46(56-32-39-24-14-7-15-25-39)48-50(60-44)63-51(2,3)62-48)49(58-34-41-28-18-9-19-29-41)47(57-33-40-26-16-8-17-27-40)45(55-31-38-22-12-6-13-23-38)43(61-52)36-54-30-37-20-10-5-11-21-37/h4-29,42-50,53H,1,30-36H2,2-3H3/t42?,43-,44?,45-,46+,47+,48-,49-,50-,52+/m1/s1. The van der Waals surface area contributed by atoms with Crippen LogP contribution in [0, 0.1) is 0 Å². The molecule has 1 N–H and O–H groups in total. The van der Waals surface area contributed by atoms with Crippen LogP contribution < -0.4 is 0 Å². The van der Waals surface area contributed by atoms with Gasteiger partial charge in [0.1, 0.15) is 48.8 Å². The first kappa shape index (κ1) is 45.0. The first-order valence-electron chi connectivity index (χ1n) is 21.7. The van der Waals surface area contributed by atoms with Gasteiger partial charge in [-0.2, -0.15) is 0 Å². The molecule has 11 nitrogen and oxygen atoms in total. The Kier molecular flexibility index (Phi) is 15.3. The number of fused-ring (bicyclic) bond motifs is 1. The maximum atomic E-state index is 12.1. The predicted octanol–water partition coefficient (Wildman–Crippen LogP) is 8.08. The van der Waals surface area contributed by atoms with Crippen LogP contribution in [0.25, 0.3) is 0 Å². The molecule has 3 heterocycles. The van der Waals surface area contributed by atoms with Crippen LogP contribution in [0.1, 0.15) is 41.7 Å². The Morgan fingerprint density at radius 3 is 1.51 bits per heavy atom. The van der Waals surface area contributed by atoms with Crippen molar-refractivity contribution in [3.63, 3.8) is 0 Å². The van der Waals surface area contributed by atoms with Gasteiger partial charge in [0.15, 0.2) is 12.1 Å². The van der Waals surface area contributed by atoms with Gasteiger partial charge in [-0.1, -0.05) is 158 Å². The molecule has 63 heavy (non-hydrogen) atoms. The summed E-state index contributed by atoms with van der Waals surface area (Å²) in [6.45, 7) is 9.08. The summed E-state index contributed by atoms with van der Waals surface area (Å²) >= 11 is 0. The second-order valence-corrected chi connectivity index (χ2v) is 16.5. The second kappa shape index (κ2) is 21.4. The van der Waals surface area contributed by atoms with Crippen LogP contribution in [0.2, 0.25) is 0 Å². The van der Waals surface area contributed by atoms with E-state index in [4.69, 9.17) is 47.4 Å². The molecule has 0 saturated carbocycles. The lowest BCUT2D eigenvalue weighted by molar-refractivity contribution is -0.368. The van der Waals surface area contributed by atoms with Crippen LogP contribution in [0.4, 0.5) is 0 Å². The highest BCUT2D eigenvalue weighted by Crippen LogP contribution is 2.42. The number of ether oxygens (including phenoxy) is 10. The summed E-state index contributed by atoms with van der Waals surface area (Å²) in [5, 5.41) is 12.1. The van der Waals surface area contributed by atoms with Gasteiger partial charge in [-0.05, 0) is 47.7 Å². The zero-order chi connectivity index (χ0) is 43.5. The molecular formula is C52H58O11. The van der Waals surface area contributed by atoms with Crippen LogP contribution in [-0.4, -0.2) is 85.0 Å². The SMILES string of the molecule is C=C[C@]1(OCC(O)C2O[C@@H]3OC(C)(C)O[C@@H]3[C@H]2OCc2ccccc2)O[C@H](COCc2ccccc2)[C@@H](OCc2ccccc2)[C@H](OCc2ccccc2)[C@H]1OCc1ccccc1. The van der Waals surface area contributed by atoms with Crippen molar-refractivity contribution in [1.82, 2.24) is 0 Å². The molecule has 11 heteroatoms. The van der Waals surface area contributed by atoms with Crippen molar-refractivity contribution in [1.29, 1.82) is 0 Å². The summed E-state index contributed by atoms with van der Waals surface area (Å²) in [7, 11) is 0. The number of benzene rings is 5. The summed E-state index contributed by atoms with van der Waals surface area (Å²) in [6, 6.07) is 49.5. The van der Waals surface area contributed by atoms with E-state index < -0.39 is 66.7 Å². The maximum absolute atomic E-state index is 12.1. The summed E-state index contributed by atoms with van der Waals surface area (Å²) < 4.78 is 66.2. The topological polar surface area (TPSA) is 113 Å². The van der Waals surface area contributed by atoms with Crippen molar-refractivity contribution >= 4 is 0 Å². The van der Waals surface area contributed by atoms with Gasteiger partial charge in [0.2, 0.25) is 5.79 Å². The summed E-state index contributed by atoms with van der Waals surface area (Å²) in [5.41, 5.74) is 4.84. The number of aliphatic hydroxyl groups is 1. The van der Waals surface area contributed by atoms with E-state index in [1.54, 1.807) is 6.08 Å². The molecule has 5 aromatic carbocycles. The Hall–Kier alpha value is -4.60. The molecule has 0 amide bonds. The van der Waals surface area contributed by atoms with Crippen molar-refractivity contribution in [3.8, 4) is 0 Å². The molecule has 0 aromatic heterocycles. The first-order valence-corrected chi connectivity index (χ1v) is 21.7. The Morgan fingerprint density at radius 2 is 1.02 bits per heavy atom. The van der Waals surface area contributed by atoms with Crippen molar-refractivity contribution in [2.24, 2.45) is 0 Å². The highest BCUT2D eigenvalue weighted by Gasteiger charge is 2.59. The van der Waals surface area contributed by atoms with Gasteiger partial charge in [-0.3, -0.25) is 0 Å². The van der Waals surface area contributed by atoms with E-state index >= 15 is 0 Å². The van der Waals surface area contributed by atoms with E-state index in [2.05, 4.69) is 6.58 Å². The minimum atomic E-state index is -1.69. The molecule has 332 valence electrons. The van der Waals surface area contributed by atoms with Gasteiger partial charge in [-0.25, -0.2) is 0 Å².